The molecule has 1 saturated heterocycles. The molecule has 0 bridgehead atoms. The first-order valence-corrected chi connectivity index (χ1v) is 9.29. The van der Waals surface area contributed by atoms with E-state index < -0.39 is 9.84 Å². The van der Waals surface area contributed by atoms with Crippen LogP contribution in [0.15, 0.2) is 24.3 Å². The molecular formula is C17H24O3S. The highest BCUT2D eigenvalue weighted by molar-refractivity contribution is 7.91. The lowest BCUT2D eigenvalue weighted by atomic mass is 9.86. The standard InChI is InChI=1S/C17H24O3S/c1-17(2,3)15-6-4-13(5-7-15)10-16(18)11-14-8-9-21(19,20)12-14/h4-7,14H,8-12H2,1-3H3. The Morgan fingerprint density at radius 2 is 1.81 bits per heavy atom. The Morgan fingerprint density at radius 1 is 1.19 bits per heavy atom. The molecule has 0 spiro atoms. The average molecular weight is 308 g/mol. The van der Waals surface area contributed by atoms with Crippen LogP contribution in [0.5, 0.6) is 0 Å². The first kappa shape index (κ1) is 16.2. The van der Waals surface area contributed by atoms with Crippen molar-refractivity contribution in [3.63, 3.8) is 0 Å². The molecule has 1 aliphatic heterocycles. The van der Waals surface area contributed by atoms with E-state index in [-0.39, 0.29) is 28.6 Å². The van der Waals surface area contributed by atoms with Gasteiger partial charge in [0.05, 0.1) is 11.5 Å². The Bertz CT molecular complexity index is 606. The molecule has 3 nitrogen and oxygen atoms in total. The van der Waals surface area contributed by atoms with Gasteiger partial charge in [-0.25, -0.2) is 8.42 Å². The van der Waals surface area contributed by atoms with Crippen LogP contribution in [0.1, 0.15) is 44.7 Å². The lowest BCUT2D eigenvalue weighted by Crippen LogP contribution is -2.13. The summed E-state index contributed by atoms with van der Waals surface area (Å²) in [6.45, 7) is 6.48. The van der Waals surface area contributed by atoms with Crippen molar-refractivity contribution >= 4 is 15.6 Å². The SMILES string of the molecule is CC(C)(C)c1ccc(CC(=O)CC2CCS(=O)(=O)C2)cc1. The van der Waals surface area contributed by atoms with Crippen LogP contribution in [-0.2, 0) is 26.5 Å². The van der Waals surface area contributed by atoms with Crippen molar-refractivity contribution < 1.29 is 13.2 Å². The molecule has 1 aliphatic rings. The minimum atomic E-state index is -2.89. The van der Waals surface area contributed by atoms with Crippen LogP contribution in [0.25, 0.3) is 0 Å². The molecule has 1 atom stereocenters. The first-order valence-electron chi connectivity index (χ1n) is 7.47. The molecule has 0 aromatic heterocycles. The van der Waals surface area contributed by atoms with Gasteiger partial charge < -0.3 is 0 Å². The molecule has 116 valence electrons. The summed E-state index contributed by atoms with van der Waals surface area (Å²) in [5.74, 6) is 0.587. The maximum absolute atomic E-state index is 12.1. The number of sulfone groups is 1. The second-order valence-corrected chi connectivity index (χ2v) is 9.36. The van der Waals surface area contributed by atoms with E-state index in [1.807, 2.05) is 12.1 Å². The lowest BCUT2D eigenvalue weighted by molar-refractivity contribution is -0.119. The highest BCUT2D eigenvalue weighted by Crippen LogP contribution is 2.24. The number of hydrogen-bond acceptors (Lipinski definition) is 3. The predicted molar refractivity (Wildman–Crippen MR) is 85.2 cm³/mol. The van der Waals surface area contributed by atoms with Gasteiger partial charge in [0.1, 0.15) is 5.78 Å². The number of benzene rings is 1. The number of carbonyl (C=O) groups is 1. The third-order valence-corrected chi connectivity index (χ3v) is 5.90. The monoisotopic (exact) mass is 308 g/mol. The largest absolute Gasteiger partial charge is 0.299 e. The molecule has 0 amide bonds. The molecule has 1 unspecified atom stereocenters. The first-order chi connectivity index (χ1) is 9.66. The molecule has 2 rings (SSSR count). The maximum Gasteiger partial charge on any atom is 0.150 e. The normalized spacial score (nSPS) is 21.4. The van der Waals surface area contributed by atoms with Crippen molar-refractivity contribution in [1.82, 2.24) is 0 Å². The van der Waals surface area contributed by atoms with Crippen molar-refractivity contribution in [3.8, 4) is 0 Å². The molecule has 1 aromatic rings. The van der Waals surface area contributed by atoms with E-state index in [0.29, 0.717) is 19.3 Å². The van der Waals surface area contributed by atoms with Gasteiger partial charge >= 0.3 is 0 Å². The summed E-state index contributed by atoms with van der Waals surface area (Å²) in [4.78, 5) is 12.1. The van der Waals surface area contributed by atoms with Gasteiger partial charge in [-0.3, -0.25) is 4.79 Å². The van der Waals surface area contributed by atoms with E-state index >= 15 is 0 Å². The Balaban J connectivity index is 1.91. The fourth-order valence-corrected chi connectivity index (χ4v) is 4.64. The molecule has 4 heteroatoms. The van der Waals surface area contributed by atoms with Gasteiger partial charge in [-0.05, 0) is 28.9 Å². The zero-order valence-corrected chi connectivity index (χ0v) is 13.9. The van der Waals surface area contributed by atoms with Crippen LogP contribution in [-0.4, -0.2) is 25.7 Å². The molecule has 1 aromatic carbocycles. The summed E-state index contributed by atoms with van der Waals surface area (Å²) in [7, 11) is -2.89. The van der Waals surface area contributed by atoms with Gasteiger partial charge in [0.2, 0.25) is 0 Å². The van der Waals surface area contributed by atoms with E-state index in [4.69, 9.17) is 0 Å². The maximum atomic E-state index is 12.1. The van der Waals surface area contributed by atoms with Crippen molar-refractivity contribution in [1.29, 1.82) is 0 Å². The number of rotatable bonds is 4. The summed E-state index contributed by atoms with van der Waals surface area (Å²) in [6, 6.07) is 8.15. The van der Waals surface area contributed by atoms with Crippen LogP contribution in [0, 0.1) is 5.92 Å². The Labute approximate surface area is 127 Å². The van der Waals surface area contributed by atoms with Gasteiger partial charge in [-0.15, -0.1) is 0 Å². The second-order valence-electron chi connectivity index (χ2n) is 7.14. The van der Waals surface area contributed by atoms with Crippen LogP contribution >= 0.6 is 0 Å². The summed E-state index contributed by atoms with van der Waals surface area (Å²) < 4.78 is 22.8. The van der Waals surface area contributed by atoms with Crippen LogP contribution < -0.4 is 0 Å². The summed E-state index contributed by atoms with van der Waals surface area (Å²) in [6.07, 6.45) is 1.43. The van der Waals surface area contributed by atoms with Crippen molar-refractivity contribution in [3.05, 3.63) is 35.4 Å². The van der Waals surface area contributed by atoms with Gasteiger partial charge in [0.15, 0.2) is 9.84 Å². The molecule has 0 N–H and O–H groups in total. The second kappa shape index (κ2) is 5.91. The van der Waals surface area contributed by atoms with Crippen LogP contribution in [0.3, 0.4) is 0 Å². The predicted octanol–water partition coefficient (Wildman–Crippen LogP) is 2.92. The van der Waals surface area contributed by atoms with Crippen molar-refractivity contribution in [2.24, 2.45) is 5.92 Å². The van der Waals surface area contributed by atoms with E-state index in [9.17, 15) is 13.2 Å². The van der Waals surface area contributed by atoms with Gasteiger partial charge in [0.25, 0.3) is 0 Å². The quantitative estimate of drug-likeness (QED) is 0.859. The number of hydrogen-bond donors (Lipinski definition) is 0. The fraction of sp³-hybridized carbons (Fsp3) is 0.588. The van der Waals surface area contributed by atoms with Gasteiger partial charge in [-0.1, -0.05) is 45.0 Å². The minimum Gasteiger partial charge on any atom is -0.299 e. The van der Waals surface area contributed by atoms with Crippen LogP contribution in [0.4, 0.5) is 0 Å². The molecule has 21 heavy (non-hydrogen) atoms. The average Bonchev–Trinajstić information content (AvgIpc) is 2.68. The zero-order chi connectivity index (χ0) is 15.7. The molecule has 1 fully saturated rings. The Morgan fingerprint density at radius 3 is 2.29 bits per heavy atom. The number of ketones is 1. The number of carbonyl (C=O) groups excluding carboxylic acids is 1. The highest BCUT2D eigenvalue weighted by Gasteiger charge is 2.29. The topological polar surface area (TPSA) is 51.2 Å². The van der Waals surface area contributed by atoms with Gasteiger partial charge in [0, 0.05) is 12.8 Å². The Kier molecular flexibility index (Phi) is 4.57. The fourth-order valence-electron chi connectivity index (χ4n) is 2.78. The molecule has 0 radical (unpaired) electrons. The summed E-state index contributed by atoms with van der Waals surface area (Å²) >= 11 is 0. The van der Waals surface area contributed by atoms with Crippen LogP contribution in [0.2, 0.25) is 0 Å². The van der Waals surface area contributed by atoms with E-state index in [1.165, 1.54) is 5.56 Å². The molecule has 1 heterocycles. The smallest absolute Gasteiger partial charge is 0.150 e. The summed E-state index contributed by atoms with van der Waals surface area (Å²) in [5.41, 5.74) is 2.37. The van der Waals surface area contributed by atoms with E-state index in [1.54, 1.807) is 0 Å². The molecular weight excluding hydrogens is 284 g/mol. The number of Topliss-reactive ketones (excluding diaryl/α,β-unsaturated/α-hetero) is 1. The van der Waals surface area contributed by atoms with Gasteiger partial charge in [-0.2, -0.15) is 0 Å². The molecule has 0 aliphatic carbocycles. The van der Waals surface area contributed by atoms with Crippen molar-refractivity contribution in [2.45, 2.75) is 45.4 Å². The molecule has 0 saturated carbocycles. The third kappa shape index (κ3) is 4.67. The van der Waals surface area contributed by atoms with Crippen molar-refractivity contribution in [2.75, 3.05) is 11.5 Å². The highest BCUT2D eigenvalue weighted by atomic mass is 32.2. The Hall–Kier alpha value is -1.16. The third-order valence-electron chi connectivity index (χ3n) is 4.06. The lowest BCUT2D eigenvalue weighted by Gasteiger charge is -2.19. The van der Waals surface area contributed by atoms with E-state index in [2.05, 4.69) is 32.9 Å². The minimum absolute atomic E-state index is 0.0244. The summed E-state index contributed by atoms with van der Waals surface area (Å²) in [5, 5.41) is 0. The zero-order valence-electron chi connectivity index (χ0n) is 13.1. The van der Waals surface area contributed by atoms with E-state index in [0.717, 1.165) is 5.56 Å².